The third kappa shape index (κ3) is 74.4. The first-order valence-corrected chi connectivity index (χ1v) is 86.0. The van der Waals surface area contributed by atoms with Crippen LogP contribution in [-0.2, 0) is 65.7 Å². The van der Waals surface area contributed by atoms with Gasteiger partial charge in [-0.05, 0) is 219 Å². The van der Waals surface area contributed by atoms with E-state index in [0.29, 0.717) is 38.9 Å². The number of unbranched alkanes of at least 4 members (excludes halogenated alkanes) is 42. The molecule has 0 bridgehead atoms. The average molecular weight is 1920 g/mol. The van der Waals surface area contributed by atoms with Crippen LogP contribution in [0, 0.1) is 11.8 Å². The summed E-state index contributed by atoms with van der Waals surface area (Å²) >= 11 is 0. The van der Waals surface area contributed by atoms with Crippen LogP contribution in [0.3, 0.4) is 0 Å². The van der Waals surface area contributed by atoms with Crippen molar-refractivity contribution in [3.8, 4) is 0 Å². The van der Waals surface area contributed by atoms with Crippen LogP contribution in [0.15, 0.2) is 0 Å². The van der Waals surface area contributed by atoms with Crippen LogP contribution in [0.25, 0.3) is 0 Å². The van der Waals surface area contributed by atoms with E-state index >= 15 is 0 Å². The molecule has 0 saturated carbocycles. The lowest BCUT2D eigenvalue weighted by Gasteiger charge is -2.44. The van der Waals surface area contributed by atoms with Crippen LogP contribution in [0.5, 0.6) is 0 Å². The molecule has 17 nitrogen and oxygen atoms in total. The number of aliphatic carboxylic acids is 2. The lowest BCUT2D eigenvalue weighted by atomic mass is 10.00. The molecule has 6 atom stereocenters. The van der Waals surface area contributed by atoms with E-state index in [2.05, 4.69) is 171 Å². The molecule has 0 saturated heterocycles. The highest BCUT2D eigenvalue weighted by atomic mass is 28.5. The second-order valence-electron chi connectivity index (χ2n) is 43.5. The average Bonchev–Trinajstić information content (AvgIpc) is 0.803. The van der Waals surface area contributed by atoms with E-state index in [9.17, 15) is 29.4 Å². The lowest BCUT2D eigenvalue weighted by Crippen LogP contribution is -2.60. The van der Waals surface area contributed by atoms with Crippen LogP contribution in [0.1, 0.15) is 348 Å². The zero-order valence-electron chi connectivity index (χ0n) is 84.6. The van der Waals surface area contributed by atoms with Gasteiger partial charge in [-0.25, -0.2) is 0 Å². The molecule has 121 heavy (non-hydrogen) atoms. The van der Waals surface area contributed by atoms with Gasteiger partial charge in [-0.1, -0.05) is 309 Å². The first-order valence-electron chi connectivity index (χ1n) is 50.4. The highest BCUT2D eigenvalue weighted by Crippen LogP contribution is 2.37. The molecule has 0 aromatic heterocycles. The third-order valence-electron chi connectivity index (χ3n) is 22.7. The van der Waals surface area contributed by atoms with E-state index in [1.54, 1.807) is 0 Å². The number of hydrogen-bond acceptors (Lipinski definition) is 15. The van der Waals surface area contributed by atoms with E-state index in [1.165, 1.54) is 205 Å². The van der Waals surface area contributed by atoms with Gasteiger partial charge in [0, 0.05) is 0 Å². The summed E-state index contributed by atoms with van der Waals surface area (Å²) in [6.07, 6.45) is 58.8. The summed E-state index contributed by atoms with van der Waals surface area (Å²) < 4.78 is 75.5. The highest BCUT2D eigenvalue weighted by molar-refractivity contribution is 6.92. The second-order valence-corrected chi connectivity index (χ2v) is 92.4. The summed E-state index contributed by atoms with van der Waals surface area (Å²) in [4.78, 5) is 50.7. The molecule has 0 fully saturated rings. The van der Waals surface area contributed by atoms with Gasteiger partial charge < -0.3 is 56.7 Å². The van der Waals surface area contributed by atoms with E-state index in [-0.39, 0.29) is 12.8 Å². The fraction of sp³-hybridized carbons (Fsp3) is 0.957. The van der Waals surface area contributed by atoms with E-state index in [0.717, 1.165) is 126 Å². The number of ether oxygens (including phenoxy) is 2. The van der Waals surface area contributed by atoms with E-state index in [1.807, 2.05) is 0 Å². The van der Waals surface area contributed by atoms with Crippen LogP contribution in [-0.4, -0.2) is 149 Å². The van der Waals surface area contributed by atoms with Crippen molar-refractivity contribution in [2.45, 2.75) is 541 Å². The molecule has 720 valence electrons. The van der Waals surface area contributed by atoms with Gasteiger partial charge in [0.05, 0.1) is 37.9 Å². The van der Waals surface area contributed by atoms with Crippen molar-refractivity contribution >= 4 is 125 Å². The number of rotatable bonds is 86. The molecule has 6 unspecified atom stereocenters. The predicted octanol–water partition coefficient (Wildman–Crippen LogP) is 31.4. The van der Waals surface area contributed by atoms with Crippen LogP contribution >= 0.6 is 0 Å². The van der Waals surface area contributed by atoms with Crippen molar-refractivity contribution in [2.75, 3.05) is 13.2 Å². The monoisotopic (exact) mass is 1920 g/mol. The van der Waals surface area contributed by atoms with E-state index < -0.39 is 137 Å². The predicted molar refractivity (Wildman–Crippen MR) is 544 cm³/mol. The van der Waals surface area contributed by atoms with Crippen LogP contribution < -0.4 is 0 Å². The number of carboxylic acid groups (broad SMARTS) is 2. The molecule has 0 amide bonds. The number of carbonyl (C=O) groups is 4. The van der Waals surface area contributed by atoms with Gasteiger partial charge in [-0.2, -0.15) is 0 Å². The molecule has 29 heteroatoms. The Labute approximate surface area is 761 Å². The maximum absolute atomic E-state index is 13.4. The summed E-state index contributed by atoms with van der Waals surface area (Å²) in [7, 11) is -27.3. The van der Waals surface area contributed by atoms with Crippen LogP contribution in [0.2, 0.25) is 193 Å². The van der Waals surface area contributed by atoms with Crippen molar-refractivity contribution in [3.05, 3.63) is 0 Å². The Kier molecular flexibility index (Phi) is 65.7. The van der Waals surface area contributed by atoms with Gasteiger partial charge in [0.1, 0.15) is 0 Å². The molecule has 2 N–H and O–H groups in total. The quantitative estimate of drug-likeness (QED) is 0.0329. The first kappa shape index (κ1) is 121. The van der Waals surface area contributed by atoms with Crippen molar-refractivity contribution in [1.29, 1.82) is 0 Å². The highest BCUT2D eigenvalue weighted by Gasteiger charge is 2.51. The van der Waals surface area contributed by atoms with Crippen molar-refractivity contribution in [3.63, 3.8) is 0 Å². The number of carboxylic acids is 2. The van der Waals surface area contributed by atoms with Gasteiger partial charge in [0.15, 0.2) is 49.9 Å². The standard InChI is InChI=1S/C92H202O17Si12/c1-27-29-31-33-35-37-39-41-43-45-51-57-63-69-81-118(23,103-112(9,10)11)108-120(25,106-116(19,20)101-110(3,4)5)83-71-65-59-53-47-49-55-61-67-77-99-90(95)86-87(91(96)97)75-73-79-114(15,16)105-115(17,18)80-74-76-88(85-89(93)94)92(98)100-78-68-62-56-50-48-54-60-66-72-84-121(26,107-117(21,22)102-111(6,7)8)109-119(24,104-113(12,13)14)82-70-64-58-52-46-44-42-40-38-36-34-32-30-28-2/h87-88H,27-86H2,1-26H3,(H,93,94)(H,96,97). The van der Waals surface area contributed by atoms with Crippen molar-refractivity contribution < 1.29 is 75.9 Å². The summed E-state index contributed by atoms with van der Waals surface area (Å²) in [5.74, 6) is -4.39. The number of carbonyl (C=O) groups excluding carboxylic acids is 2. The number of esters is 2. The normalized spacial score (nSPS) is 15.6. The summed E-state index contributed by atoms with van der Waals surface area (Å²) in [5.41, 5.74) is 0. The van der Waals surface area contributed by atoms with Gasteiger partial charge in [-0.3, -0.25) is 19.2 Å². The second kappa shape index (κ2) is 65.7. The first-order chi connectivity index (χ1) is 56.3. The molecule has 0 aliphatic rings. The Hall–Kier alpha value is 0.123. The summed E-state index contributed by atoms with van der Waals surface area (Å²) in [5, 5.41) is 20.0. The maximum atomic E-state index is 13.4. The Morgan fingerprint density at radius 3 is 0.736 bits per heavy atom. The van der Waals surface area contributed by atoms with Crippen molar-refractivity contribution in [2.24, 2.45) is 11.8 Å². The largest absolute Gasteiger partial charge is 0.481 e. The fourth-order valence-electron chi connectivity index (χ4n) is 18.1. The molecule has 0 spiro atoms. The molecule has 0 radical (unpaired) electrons. The van der Waals surface area contributed by atoms with Gasteiger partial charge in [-0.15, -0.1) is 0 Å². The van der Waals surface area contributed by atoms with Gasteiger partial charge >= 0.3 is 75.2 Å². The number of hydrogen-bond donors (Lipinski definition) is 2. The zero-order chi connectivity index (χ0) is 91.7. The van der Waals surface area contributed by atoms with Gasteiger partial charge in [0.2, 0.25) is 0 Å². The molecule has 0 rings (SSSR count). The summed E-state index contributed by atoms with van der Waals surface area (Å²) in [6.45, 7) is 59.4. The van der Waals surface area contributed by atoms with Crippen molar-refractivity contribution in [1.82, 2.24) is 0 Å². The Balaban J connectivity index is 4.99. The Bertz CT molecular complexity index is 2630. The van der Waals surface area contributed by atoms with Crippen LogP contribution in [0.4, 0.5) is 0 Å². The molecular weight excluding hydrogens is 1710 g/mol. The SMILES string of the molecule is CCCCCCCCCCCCCCCC[Si](C)(O[Si](C)(C)C)O[Si](C)(CCCCCCCCCCCOC(=O)CC(CCC[Si](C)(C)O[Si](C)(C)CCCC(CC(=O)O)C(=O)OCCCCCCCCCCC[Si](C)(O[Si](C)(C)O[Si](C)(C)C)O[Si](C)(CCCCCCCCCCCCCCCC)O[Si](C)(C)C)C(=O)O)O[Si](C)(C)O[Si](C)(C)C. The fourth-order valence-corrected chi connectivity index (χ4v) is 74.9. The zero-order valence-corrected chi connectivity index (χ0v) is 96.6. The third-order valence-corrected chi connectivity index (χ3v) is 66.8. The molecule has 0 aliphatic heterocycles. The smallest absolute Gasteiger partial charge is 0.317 e. The molecule has 0 aromatic carbocycles. The minimum absolute atomic E-state index is 0.139. The Morgan fingerprint density at radius 2 is 0.479 bits per heavy atom. The Morgan fingerprint density at radius 1 is 0.240 bits per heavy atom. The minimum atomic E-state index is -2.68. The lowest BCUT2D eigenvalue weighted by molar-refractivity contribution is -0.153. The maximum Gasteiger partial charge on any atom is 0.317 e. The molecule has 0 aromatic rings. The van der Waals surface area contributed by atoms with Gasteiger partial charge in [0.25, 0.3) is 0 Å². The van der Waals surface area contributed by atoms with E-state index in [4.69, 9.17) is 46.5 Å². The molecule has 0 aliphatic carbocycles. The minimum Gasteiger partial charge on any atom is -0.481 e. The summed E-state index contributed by atoms with van der Waals surface area (Å²) in [6, 6.07) is 5.47. The molecule has 0 heterocycles. The topological polar surface area (TPSA) is 210 Å². The molecular formula is C92H202O17Si12.